The highest BCUT2D eigenvalue weighted by atomic mass is 16.5. The van der Waals surface area contributed by atoms with E-state index in [9.17, 15) is 4.79 Å². The molecule has 0 fully saturated rings. The van der Waals surface area contributed by atoms with Crippen LogP contribution in [0.5, 0.6) is 17.2 Å². The molecule has 0 saturated carbocycles. The zero-order chi connectivity index (χ0) is 15.9. The summed E-state index contributed by atoms with van der Waals surface area (Å²) in [5.41, 5.74) is 1.27. The summed E-state index contributed by atoms with van der Waals surface area (Å²) in [4.78, 5) is 12.2. The predicted molar refractivity (Wildman–Crippen MR) is 84.7 cm³/mol. The summed E-state index contributed by atoms with van der Waals surface area (Å²) in [6.45, 7) is 0. The Morgan fingerprint density at radius 2 is 1.73 bits per heavy atom. The van der Waals surface area contributed by atoms with Crippen LogP contribution in [0.2, 0.25) is 0 Å². The third-order valence-corrected chi connectivity index (χ3v) is 3.24. The molecule has 0 N–H and O–H groups in total. The van der Waals surface area contributed by atoms with Gasteiger partial charge in [-0.15, -0.1) is 0 Å². The Hall–Kier alpha value is -2.67. The minimum absolute atomic E-state index is 0.292. The van der Waals surface area contributed by atoms with Crippen LogP contribution in [0.1, 0.15) is 23.2 Å². The lowest BCUT2D eigenvalue weighted by Crippen LogP contribution is -2.01. The van der Waals surface area contributed by atoms with E-state index < -0.39 is 0 Å². The van der Waals surface area contributed by atoms with Gasteiger partial charge in [0, 0.05) is 11.1 Å². The second-order valence-corrected chi connectivity index (χ2v) is 4.63. The topological polar surface area (TPSA) is 44.8 Å². The largest absolute Gasteiger partial charge is 0.493 e. The molecule has 0 aliphatic heterocycles. The lowest BCUT2D eigenvalue weighted by atomic mass is 10.1. The van der Waals surface area contributed by atoms with Gasteiger partial charge in [0.2, 0.25) is 11.5 Å². The number of ketones is 1. The van der Waals surface area contributed by atoms with Crippen molar-refractivity contribution in [2.24, 2.45) is 0 Å². The number of allylic oxidation sites excluding steroid dienone is 4. The Morgan fingerprint density at radius 3 is 2.23 bits per heavy atom. The Morgan fingerprint density at radius 1 is 1.05 bits per heavy atom. The lowest BCUT2D eigenvalue weighted by Gasteiger charge is -2.12. The van der Waals surface area contributed by atoms with E-state index in [0.29, 0.717) is 22.8 Å². The van der Waals surface area contributed by atoms with Crippen LogP contribution in [0.3, 0.4) is 0 Å². The highest BCUT2D eigenvalue weighted by Crippen LogP contribution is 2.38. The first kappa shape index (κ1) is 15.7. The highest BCUT2D eigenvalue weighted by Gasteiger charge is 2.15. The van der Waals surface area contributed by atoms with Crippen LogP contribution in [-0.2, 0) is 0 Å². The van der Waals surface area contributed by atoms with Gasteiger partial charge in [-0.25, -0.2) is 0 Å². The van der Waals surface area contributed by atoms with Crippen molar-refractivity contribution in [3.05, 3.63) is 41.5 Å². The molecule has 0 unspecified atom stereocenters. The smallest absolute Gasteiger partial charge is 0.236 e. The second-order valence-electron chi connectivity index (χ2n) is 4.63. The van der Waals surface area contributed by atoms with Crippen LogP contribution in [0, 0.1) is 11.8 Å². The molecule has 0 amide bonds. The molecule has 2 rings (SSSR count). The summed E-state index contributed by atoms with van der Waals surface area (Å²) in [6, 6.07) is 3.20. The van der Waals surface area contributed by atoms with Crippen LogP contribution in [0.15, 0.2) is 35.9 Å². The van der Waals surface area contributed by atoms with Crippen molar-refractivity contribution in [1.82, 2.24) is 0 Å². The molecule has 0 heterocycles. The number of carbonyl (C=O) groups is 1. The van der Waals surface area contributed by atoms with Crippen molar-refractivity contribution in [2.45, 2.75) is 12.8 Å². The molecule has 0 bridgehead atoms. The van der Waals surface area contributed by atoms with Gasteiger partial charge in [-0.1, -0.05) is 24.1 Å². The summed E-state index contributed by atoms with van der Waals surface area (Å²) >= 11 is 0. The van der Waals surface area contributed by atoms with Crippen LogP contribution in [0.4, 0.5) is 0 Å². The van der Waals surface area contributed by atoms with Crippen molar-refractivity contribution in [1.29, 1.82) is 0 Å². The molecular weight excluding hydrogens is 280 g/mol. The maximum Gasteiger partial charge on any atom is 0.236 e. The second kappa shape index (κ2) is 7.37. The van der Waals surface area contributed by atoms with Crippen molar-refractivity contribution >= 4 is 5.78 Å². The number of hydrogen-bond donors (Lipinski definition) is 0. The average molecular weight is 298 g/mol. The molecule has 1 aromatic rings. The van der Waals surface area contributed by atoms with Crippen molar-refractivity contribution in [2.75, 3.05) is 21.3 Å². The van der Waals surface area contributed by atoms with E-state index in [-0.39, 0.29) is 5.78 Å². The third-order valence-electron chi connectivity index (χ3n) is 3.24. The summed E-state index contributed by atoms with van der Waals surface area (Å²) < 4.78 is 15.7. The van der Waals surface area contributed by atoms with E-state index in [0.717, 1.165) is 18.4 Å². The van der Waals surface area contributed by atoms with Crippen LogP contribution < -0.4 is 14.2 Å². The van der Waals surface area contributed by atoms with Gasteiger partial charge in [0.15, 0.2) is 11.5 Å². The minimum atomic E-state index is -0.292. The summed E-state index contributed by atoms with van der Waals surface area (Å²) in [5.74, 6) is 6.56. The van der Waals surface area contributed by atoms with Gasteiger partial charge in [0.05, 0.1) is 21.3 Å². The fourth-order valence-electron chi connectivity index (χ4n) is 2.12. The fourth-order valence-corrected chi connectivity index (χ4v) is 2.12. The molecule has 0 aromatic heterocycles. The molecule has 1 aromatic carbocycles. The molecular formula is C18H18O4. The first-order valence-electron chi connectivity index (χ1n) is 6.92. The lowest BCUT2D eigenvalue weighted by molar-refractivity contribution is 0.105. The van der Waals surface area contributed by atoms with Crippen molar-refractivity contribution < 1.29 is 19.0 Å². The normalized spacial score (nSPS) is 12.8. The molecule has 0 saturated heterocycles. The van der Waals surface area contributed by atoms with Gasteiger partial charge >= 0.3 is 0 Å². The van der Waals surface area contributed by atoms with E-state index >= 15 is 0 Å². The van der Waals surface area contributed by atoms with Gasteiger partial charge in [0.25, 0.3) is 0 Å². The molecule has 0 radical (unpaired) electrons. The van der Waals surface area contributed by atoms with Crippen molar-refractivity contribution in [3.63, 3.8) is 0 Å². The molecule has 22 heavy (non-hydrogen) atoms. The minimum Gasteiger partial charge on any atom is -0.493 e. The van der Waals surface area contributed by atoms with Gasteiger partial charge in [-0.3, -0.25) is 4.79 Å². The number of hydrogen-bond acceptors (Lipinski definition) is 4. The SMILES string of the molecule is COc1cc(C(=O)C#CC2=CCCC=C2)cc(OC)c1OC. The molecule has 4 heteroatoms. The maximum atomic E-state index is 12.2. The van der Waals surface area contributed by atoms with Crippen LogP contribution in [-0.4, -0.2) is 27.1 Å². The summed E-state index contributed by atoms with van der Waals surface area (Å²) in [7, 11) is 4.54. The number of carbonyl (C=O) groups excluding carboxylic acids is 1. The van der Waals surface area contributed by atoms with E-state index in [2.05, 4.69) is 11.8 Å². The average Bonchev–Trinajstić information content (AvgIpc) is 2.59. The monoisotopic (exact) mass is 298 g/mol. The molecule has 4 nitrogen and oxygen atoms in total. The number of rotatable bonds is 4. The van der Waals surface area contributed by atoms with Gasteiger partial charge < -0.3 is 14.2 Å². The first-order chi connectivity index (χ1) is 10.7. The van der Waals surface area contributed by atoms with E-state index in [4.69, 9.17) is 14.2 Å². The Kier molecular flexibility index (Phi) is 5.26. The molecule has 114 valence electrons. The fraction of sp³-hybridized carbons (Fsp3) is 0.278. The van der Waals surface area contributed by atoms with Gasteiger partial charge in [-0.05, 0) is 30.9 Å². The van der Waals surface area contributed by atoms with E-state index in [1.54, 1.807) is 12.1 Å². The predicted octanol–water partition coefficient (Wildman–Crippen LogP) is 3.17. The summed E-state index contributed by atoms with van der Waals surface area (Å²) in [6.07, 6.45) is 7.98. The van der Waals surface area contributed by atoms with Crippen molar-refractivity contribution in [3.8, 4) is 29.1 Å². The number of Topliss-reactive ketones (excluding diaryl/α,β-unsaturated/α-hetero) is 1. The number of ether oxygens (including phenoxy) is 3. The van der Waals surface area contributed by atoms with Crippen LogP contribution >= 0.6 is 0 Å². The molecule has 0 spiro atoms. The van der Waals surface area contributed by atoms with E-state index in [1.165, 1.54) is 21.3 Å². The quantitative estimate of drug-likeness (QED) is 0.486. The molecule has 1 aliphatic carbocycles. The maximum absolute atomic E-state index is 12.2. The number of benzene rings is 1. The molecule has 1 aliphatic rings. The third kappa shape index (κ3) is 3.50. The molecule has 0 atom stereocenters. The Balaban J connectivity index is 2.32. The zero-order valence-corrected chi connectivity index (χ0v) is 12.9. The Labute approximate surface area is 130 Å². The standard InChI is InChI=1S/C18H18O4/c1-20-16-11-14(12-17(21-2)18(16)22-3)15(19)10-9-13-7-5-4-6-8-13/h5,7-8,11-12H,4,6H2,1-3H3. The Bertz CT molecular complexity index is 662. The van der Waals surface area contributed by atoms with E-state index in [1.807, 2.05) is 18.2 Å². The highest BCUT2D eigenvalue weighted by molar-refractivity contribution is 6.10. The van der Waals surface area contributed by atoms with Gasteiger partial charge in [0.1, 0.15) is 0 Å². The first-order valence-corrected chi connectivity index (χ1v) is 6.92. The summed E-state index contributed by atoms with van der Waals surface area (Å²) in [5, 5.41) is 0. The number of methoxy groups -OCH3 is 3. The van der Waals surface area contributed by atoms with Gasteiger partial charge in [-0.2, -0.15) is 0 Å². The van der Waals surface area contributed by atoms with Crippen LogP contribution in [0.25, 0.3) is 0 Å². The zero-order valence-electron chi connectivity index (χ0n) is 12.9.